The molecule has 114 valence electrons. The molecule has 2 aromatic rings. The predicted molar refractivity (Wildman–Crippen MR) is 86.4 cm³/mol. The predicted octanol–water partition coefficient (Wildman–Crippen LogP) is 1.91. The third-order valence-electron chi connectivity index (χ3n) is 3.56. The first kappa shape index (κ1) is 15.9. The van der Waals surface area contributed by atoms with Gasteiger partial charge in [0.15, 0.2) is 0 Å². The summed E-state index contributed by atoms with van der Waals surface area (Å²) in [6.07, 6.45) is 1.46. The van der Waals surface area contributed by atoms with E-state index in [2.05, 4.69) is 15.3 Å². The zero-order chi connectivity index (χ0) is 15.4. The van der Waals surface area contributed by atoms with Gasteiger partial charge in [-0.25, -0.2) is 4.98 Å². The molecule has 0 unspecified atom stereocenters. The summed E-state index contributed by atoms with van der Waals surface area (Å²) in [5.74, 6) is 1.11. The van der Waals surface area contributed by atoms with Gasteiger partial charge >= 0.3 is 0 Å². The summed E-state index contributed by atoms with van der Waals surface area (Å²) in [6, 6.07) is 4.04. The van der Waals surface area contributed by atoms with Crippen LogP contribution in [0.25, 0.3) is 11.0 Å². The molecule has 5 nitrogen and oxygen atoms in total. The van der Waals surface area contributed by atoms with Crippen molar-refractivity contribution < 1.29 is 9.90 Å². The maximum absolute atomic E-state index is 11.7. The van der Waals surface area contributed by atoms with E-state index < -0.39 is 6.10 Å². The average Bonchev–Trinajstić information content (AvgIpc) is 2.90. The molecule has 0 saturated carbocycles. The number of H-pyrrole nitrogens is 1. The van der Waals surface area contributed by atoms with Crippen molar-refractivity contribution in [2.45, 2.75) is 32.9 Å². The summed E-state index contributed by atoms with van der Waals surface area (Å²) in [7, 11) is 0. The van der Waals surface area contributed by atoms with Crippen LogP contribution in [-0.2, 0) is 11.3 Å². The van der Waals surface area contributed by atoms with Gasteiger partial charge in [-0.05, 0) is 49.5 Å². The number of nitrogens with one attached hydrogen (secondary N) is 2. The van der Waals surface area contributed by atoms with Crippen molar-refractivity contribution in [3.8, 4) is 0 Å². The minimum absolute atomic E-state index is 0.294. The van der Waals surface area contributed by atoms with E-state index in [1.54, 1.807) is 11.8 Å². The molecule has 6 heteroatoms. The quantitative estimate of drug-likeness (QED) is 0.762. The van der Waals surface area contributed by atoms with Gasteiger partial charge in [-0.1, -0.05) is 6.07 Å². The Kier molecular flexibility index (Phi) is 5.25. The lowest BCUT2D eigenvalue weighted by Crippen LogP contribution is -2.34. The molecule has 21 heavy (non-hydrogen) atoms. The first-order valence-electron chi connectivity index (χ1n) is 6.92. The van der Waals surface area contributed by atoms with Gasteiger partial charge in [-0.15, -0.1) is 0 Å². The zero-order valence-corrected chi connectivity index (χ0v) is 13.4. The topological polar surface area (TPSA) is 78.0 Å². The van der Waals surface area contributed by atoms with E-state index in [0.29, 0.717) is 18.8 Å². The minimum atomic E-state index is -0.953. The molecule has 0 spiro atoms. The minimum Gasteiger partial charge on any atom is -0.383 e. The largest absolute Gasteiger partial charge is 0.383 e. The summed E-state index contributed by atoms with van der Waals surface area (Å²) in [4.78, 5) is 19.4. The van der Waals surface area contributed by atoms with Crippen LogP contribution in [0.1, 0.15) is 23.4 Å². The maximum atomic E-state index is 11.7. The molecule has 0 aliphatic heterocycles. The maximum Gasteiger partial charge on any atom is 0.249 e. The highest BCUT2D eigenvalue weighted by molar-refractivity contribution is 7.98. The van der Waals surface area contributed by atoms with Crippen molar-refractivity contribution in [2.24, 2.45) is 0 Å². The lowest BCUT2D eigenvalue weighted by molar-refractivity contribution is -0.129. The fourth-order valence-electron chi connectivity index (χ4n) is 2.10. The normalized spacial score (nSPS) is 12.6. The first-order chi connectivity index (χ1) is 10.0. The Hall–Kier alpha value is -1.53. The second-order valence-electron chi connectivity index (χ2n) is 5.10. The molecule has 0 radical (unpaired) electrons. The van der Waals surface area contributed by atoms with Gasteiger partial charge in [0.1, 0.15) is 11.9 Å². The lowest BCUT2D eigenvalue weighted by atomic mass is 10.1. The van der Waals surface area contributed by atoms with Crippen molar-refractivity contribution in [2.75, 3.05) is 12.0 Å². The van der Waals surface area contributed by atoms with Crippen LogP contribution in [0.3, 0.4) is 0 Å². The van der Waals surface area contributed by atoms with Gasteiger partial charge in [0, 0.05) is 0 Å². The Bertz CT molecular complexity index is 639. The van der Waals surface area contributed by atoms with Crippen LogP contribution in [0.4, 0.5) is 0 Å². The third kappa shape index (κ3) is 3.77. The number of nitrogens with zero attached hydrogens (tertiary/aromatic N) is 1. The van der Waals surface area contributed by atoms with Gasteiger partial charge in [-0.2, -0.15) is 11.8 Å². The number of aliphatic hydroxyl groups excluding tert-OH is 1. The van der Waals surface area contributed by atoms with Crippen LogP contribution in [0.2, 0.25) is 0 Å². The third-order valence-corrected chi connectivity index (χ3v) is 4.20. The lowest BCUT2D eigenvalue weighted by Gasteiger charge is -2.09. The molecule has 1 atom stereocenters. The van der Waals surface area contributed by atoms with Gasteiger partial charge in [0.25, 0.3) is 0 Å². The Morgan fingerprint density at radius 2 is 2.24 bits per heavy atom. The molecule has 0 bridgehead atoms. The summed E-state index contributed by atoms with van der Waals surface area (Å²) in [5.41, 5.74) is 4.23. The van der Waals surface area contributed by atoms with E-state index in [1.165, 1.54) is 5.56 Å². The fourth-order valence-corrected chi connectivity index (χ4v) is 2.56. The first-order valence-corrected chi connectivity index (χ1v) is 8.32. The molecule has 0 fully saturated rings. The highest BCUT2D eigenvalue weighted by Crippen LogP contribution is 2.19. The number of benzene rings is 1. The van der Waals surface area contributed by atoms with Gasteiger partial charge in [0.2, 0.25) is 5.91 Å². The van der Waals surface area contributed by atoms with Crippen LogP contribution in [0.5, 0.6) is 0 Å². The van der Waals surface area contributed by atoms with Crippen LogP contribution in [-0.4, -0.2) is 39.1 Å². The second-order valence-corrected chi connectivity index (χ2v) is 6.09. The van der Waals surface area contributed by atoms with Gasteiger partial charge < -0.3 is 15.4 Å². The Labute approximate surface area is 128 Å². The number of aromatic nitrogens is 2. The summed E-state index contributed by atoms with van der Waals surface area (Å²) >= 11 is 1.61. The monoisotopic (exact) mass is 307 g/mol. The molecular weight excluding hydrogens is 286 g/mol. The number of aryl methyl sites for hydroxylation is 2. The standard InChI is InChI=1S/C15H21N3O2S/c1-9-4-5-11-14(10(9)2)18-13(17-11)8-16-15(20)12(19)6-7-21-3/h4-5,12,19H,6-8H2,1-3H3,(H,16,20)(H,17,18)/t12-/m0/s1. The van der Waals surface area contributed by atoms with E-state index in [1.807, 2.05) is 32.2 Å². The zero-order valence-electron chi connectivity index (χ0n) is 12.6. The molecule has 0 aliphatic carbocycles. The Morgan fingerprint density at radius 3 is 2.95 bits per heavy atom. The number of carbonyl (C=O) groups excluding carboxylic acids is 1. The molecule has 1 aromatic carbocycles. The number of hydrogen-bond acceptors (Lipinski definition) is 4. The molecule has 1 aromatic heterocycles. The van der Waals surface area contributed by atoms with Crippen molar-refractivity contribution in [1.82, 2.24) is 15.3 Å². The smallest absolute Gasteiger partial charge is 0.249 e. The molecule has 1 heterocycles. The van der Waals surface area contributed by atoms with Gasteiger partial charge in [-0.3, -0.25) is 4.79 Å². The van der Waals surface area contributed by atoms with Crippen LogP contribution < -0.4 is 5.32 Å². The van der Waals surface area contributed by atoms with Crippen molar-refractivity contribution in [1.29, 1.82) is 0 Å². The highest BCUT2D eigenvalue weighted by atomic mass is 32.2. The van der Waals surface area contributed by atoms with E-state index >= 15 is 0 Å². The van der Waals surface area contributed by atoms with E-state index in [9.17, 15) is 9.90 Å². The molecule has 2 rings (SSSR count). The molecular formula is C15H21N3O2S. The number of aromatic amines is 1. The fraction of sp³-hybridized carbons (Fsp3) is 0.467. The van der Waals surface area contributed by atoms with E-state index in [0.717, 1.165) is 22.3 Å². The number of amides is 1. The SMILES string of the molecule is CSCC[C@H](O)C(=O)NCc1nc2c(C)c(C)ccc2[nH]1. The highest BCUT2D eigenvalue weighted by Gasteiger charge is 2.15. The molecule has 1 amide bonds. The second kappa shape index (κ2) is 6.95. The van der Waals surface area contributed by atoms with E-state index in [4.69, 9.17) is 0 Å². The summed E-state index contributed by atoms with van der Waals surface area (Å²) < 4.78 is 0. The van der Waals surface area contributed by atoms with Crippen molar-refractivity contribution in [3.05, 3.63) is 29.1 Å². The van der Waals surface area contributed by atoms with Crippen LogP contribution >= 0.6 is 11.8 Å². The van der Waals surface area contributed by atoms with Crippen molar-refractivity contribution in [3.63, 3.8) is 0 Å². The number of aliphatic hydroxyl groups is 1. The number of fused-ring (bicyclic) bond motifs is 1. The van der Waals surface area contributed by atoms with Gasteiger partial charge in [0.05, 0.1) is 17.6 Å². The number of thioether (sulfide) groups is 1. The number of rotatable bonds is 6. The average molecular weight is 307 g/mol. The summed E-state index contributed by atoms with van der Waals surface area (Å²) in [6.45, 7) is 4.38. The molecule has 0 saturated heterocycles. The molecule has 3 N–H and O–H groups in total. The van der Waals surface area contributed by atoms with Crippen LogP contribution in [0, 0.1) is 13.8 Å². The number of carbonyl (C=O) groups is 1. The Balaban J connectivity index is 2.01. The number of imidazole rings is 1. The number of hydrogen-bond donors (Lipinski definition) is 3. The van der Waals surface area contributed by atoms with Crippen molar-refractivity contribution >= 4 is 28.7 Å². The summed E-state index contributed by atoms with van der Waals surface area (Å²) in [5, 5.41) is 12.4. The molecule has 0 aliphatic rings. The van der Waals surface area contributed by atoms with Crippen LogP contribution in [0.15, 0.2) is 12.1 Å². The Morgan fingerprint density at radius 1 is 1.48 bits per heavy atom. The van der Waals surface area contributed by atoms with E-state index in [-0.39, 0.29) is 5.91 Å².